The molecular formula is C35H46N2O10. The van der Waals surface area contributed by atoms with Crippen molar-refractivity contribution >= 4 is 24.1 Å². The van der Waals surface area contributed by atoms with E-state index in [0.29, 0.717) is 56.3 Å². The number of carbonyl (C=O) groups is 4. The summed E-state index contributed by atoms with van der Waals surface area (Å²) < 4.78 is 34.0. The van der Waals surface area contributed by atoms with E-state index in [9.17, 15) is 19.2 Å². The molecular weight excluding hydrogens is 608 g/mol. The Labute approximate surface area is 275 Å². The standard InChI is InChI=1S/C35H46N2O10/c1-20-24-12-10-22(8-5-14-34(3)28(46-34)26(24)44-30(20)38)18-42-32(40)36-16-7-17-37-33(41)43-19-23-9-6-15-35(4)29(47-35)27-25(13-11-23)21(2)31(39)45-27/h8-9,24-29H,1-2,5-7,10-19H2,3-4H3,(H,36,40)(H,37,41)/b22-8+,23-9+/t24-,25-,26-,27-,28-,29-,34+,35+/m0/s1. The van der Waals surface area contributed by atoms with E-state index >= 15 is 0 Å². The molecule has 2 amide bonds. The number of allylic oxidation sites excluding steroid dienone is 2. The SMILES string of the molecule is C=C1C(=O)O[C@H]2[C@H]1CC/C(COC(=O)NCCCNC(=O)OC/C1=C/CC[C@@]3(C)O[C@H]3[C@H]3OC(=O)C(=C)[C@@H]3CC1)=C\CC[C@@]1(C)O[C@@H]21. The predicted octanol–water partition coefficient (Wildman–Crippen LogP) is 4.34. The fraction of sp³-hybridized carbons (Fsp3) is 0.657. The summed E-state index contributed by atoms with van der Waals surface area (Å²) in [6.45, 7) is 12.9. The Morgan fingerprint density at radius 2 is 1.21 bits per heavy atom. The topological polar surface area (TPSA) is 154 Å². The third-order valence-electron chi connectivity index (χ3n) is 10.5. The zero-order chi connectivity index (χ0) is 33.3. The van der Waals surface area contributed by atoms with Crippen LogP contribution in [-0.4, -0.2) is 86.0 Å². The van der Waals surface area contributed by atoms with Gasteiger partial charge in [-0.25, -0.2) is 19.2 Å². The molecule has 0 unspecified atom stereocenters. The van der Waals surface area contributed by atoms with Crippen molar-refractivity contribution in [2.75, 3.05) is 26.3 Å². The molecule has 256 valence electrons. The lowest BCUT2D eigenvalue weighted by Crippen LogP contribution is -2.31. The number of epoxide rings is 2. The van der Waals surface area contributed by atoms with E-state index in [1.54, 1.807) is 0 Å². The largest absolute Gasteiger partial charge is 0.455 e. The lowest BCUT2D eigenvalue weighted by Gasteiger charge is -2.20. The normalized spacial score (nSPS) is 38.3. The number of rotatable bonds is 8. The van der Waals surface area contributed by atoms with Gasteiger partial charge in [0.1, 0.15) is 37.6 Å². The van der Waals surface area contributed by atoms with Crippen LogP contribution in [0.15, 0.2) is 47.6 Å². The van der Waals surface area contributed by atoms with Crippen molar-refractivity contribution in [3.8, 4) is 0 Å². The molecule has 4 saturated heterocycles. The van der Waals surface area contributed by atoms with Crippen molar-refractivity contribution in [1.82, 2.24) is 10.6 Å². The van der Waals surface area contributed by atoms with Crippen molar-refractivity contribution in [3.63, 3.8) is 0 Å². The molecule has 47 heavy (non-hydrogen) atoms. The van der Waals surface area contributed by atoms with E-state index in [4.69, 9.17) is 28.4 Å². The number of fused-ring (bicyclic) bond motifs is 6. The van der Waals surface area contributed by atoms with E-state index in [-0.39, 0.29) is 72.6 Å². The van der Waals surface area contributed by atoms with Crippen LogP contribution in [-0.2, 0) is 38.0 Å². The van der Waals surface area contributed by atoms with E-state index < -0.39 is 12.2 Å². The van der Waals surface area contributed by atoms with Gasteiger partial charge >= 0.3 is 24.1 Å². The van der Waals surface area contributed by atoms with Crippen LogP contribution in [0.5, 0.6) is 0 Å². The molecule has 0 bridgehead atoms. The molecule has 6 rings (SSSR count). The molecule has 2 aliphatic carbocycles. The molecule has 0 spiro atoms. The molecule has 6 aliphatic rings. The van der Waals surface area contributed by atoms with Crippen LogP contribution in [0.1, 0.15) is 71.6 Å². The summed E-state index contributed by atoms with van der Waals surface area (Å²) in [4.78, 5) is 49.1. The van der Waals surface area contributed by atoms with Crippen molar-refractivity contribution < 1.29 is 47.6 Å². The maximum atomic E-state index is 12.4. The van der Waals surface area contributed by atoms with Crippen LogP contribution in [0.4, 0.5) is 9.59 Å². The molecule has 2 N–H and O–H groups in total. The Balaban J connectivity index is 0.870. The summed E-state index contributed by atoms with van der Waals surface area (Å²) in [6, 6.07) is 0. The maximum Gasteiger partial charge on any atom is 0.407 e. The van der Waals surface area contributed by atoms with Gasteiger partial charge in [0.15, 0.2) is 0 Å². The second kappa shape index (κ2) is 13.5. The van der Waals surface area contributed by atoms with Gasteiger partial charge in [0.2, 0.25) is 0 Å². The first-order chi connectivity index (χ1) is 22.5. The third kappa shape index (κ3) is 7.43. The van der Waals surface area contributed by atoms with Crippen molar-refractivity contribution in [3.05, 3.63) is 47.6 Å². The summed E-state index contributed by atoms with van der Waals surface area (Å²) >= 11 is 0. The Hall–Kier alpha value is -3.64. The van der Waals surface area contributed by atoms with Gasteiger partial charge < -0.3 is 39.1 Å². The van der Waals surface area contributed by atoms with Gasteiger partial charge in [-0.3, -0.25) is 0 Å². The number of carbonyl (C=O) groups excluding carboxylic acids is 4. The van der Waals surface area contributed by atoms with Crippen LogP contribution in [0.25, 0.3) is 0 Å². The summed E-state index contributed by atoms with van der Waals surface area (Å²) in [5, 5.41) is 5.44. The molecule has 0 radical (unpaired) electrons. The summed E-state index contributed by atoms with van der Waals surface area (Å²) in [6.07, 6.45) is 8.59. The summed E-state index contributed by atoms with van der Waals surface area (Å²) in [5.41, 5.74) is 2.29. The zero-order valence-electron chi connectivity index (χ0n) is 27.3. The Morgan fingerprint density at radius 3 is 1.64 bits per heavy atom. The molecule has 0 aromatic carbocycles. The highest BCUT2D eigenvalue weighted by molar-refractivity contribution is 5.91. The van der Waals surface area contributed by atoms with E-state index in [2.05, 4.69) is 35.9 Å². The quantitative estimate of drug-likeness (QED) is 0.0965. The summed E-state index contributed by atoms with van der Waals surface area (Å²) in [7, 11) is 0. The number of ether oxygens (including phenoxy) is 6. The van der Waals surface area contributed by atoms with Gasteiger partial charge in [0.05, 0.1) is 11.2 Å². The second-order valence-electron chi connectivity index (χ2n) is 13.9. The zero-order valence-corrected chi connectivity index (χ0v) is 27.3. The first-order valence-electron chi connectivity index (χ1n) is 16.8. The van der Waals surface area contributed by atoms with Crippen LogP contribution >= 0.6 is 0 Å². The smallest absolute Gasteiger partial charge is 0.407 e. The average molecular weight is 655 g/mol. The minimum absolute atomic E-state index is 0.0992. The van der Waals surface area contributed by atoms with E-state index in [0.717, 1.165) is 36.8 Å². The Kier molecular flexibility index (Phi) is 9.53. The molecule has 4 fully saturated rings. The fourth-order valence-corrected chi connectivity index (χ4v) is 7.39. The fourth-order valence-electron chi connectivity index (χ4n) is 7.39. The van der Waals surface area contributed by atoms with Gasteiger partial charge in [-0.05, 0) is 82.8 Å². The molecule has 12 heteroatoms. The highest BCUT2D eigenvalue weighted by Crippen LogP contribution is 2.51. The van der Waals surface area contributed by atoms with E-state index in [1.807, 2.05) is 13.8 Å². The highest BCUT2D eigenvalue weighted by Gasteiger charge is 2.62. The van der Waals surface area contributed by atoms with Gasteiger partial charge in [-0.2, -0.15) is 0 Å². The number of hydrogen-bond acceptors (Lipinski definition) is 10. The van der Waals surface area contributed by atoms with Gasteiger partial charge in [0, 0.05) is 36.1 Å². The first-order valence-corrected chi connectivity index (χ1v) is 16.8. The van der Waals surface area contributed by atoms with Gasteiger partial charge in [-0.15, -0.1) is 0 Å². The first kappa shape index (κ1) is 33.3. The summed E-state index contributed by atoms with van der Waals surface area (Å²) in [5.74, 6) is -0.939. The number of nitrogens with one attached hydrogen (secondary N) is 2. The highest BCUT2D eigenvalue weighted by atomic mass is 16.7. The minimum Gasteiger partial charge on any atom is -0.455 e. The van der Waals surface area contributed by atoms with Crippen molar-refractivity contribution in [2.45, 2.75) is 107 Å². The third-order valence-corrected chi connectivity index (χ3v) is 10.5. The second-order valence-corrected chi connectivity index (χ2v) is 13.9. The van der Waals surface area contributed by atoms with Crippen LogP contribution in [0.3, 0.4) is 0 Å². The molecule has 8 atom stereocenters. The van der Waals surface area contributed by atoms with E-state index in [1.165, 1.54) is 0 Å². The molecule has 0 saturated carbocycles. The Morgan fingerprint density at radius 1 is 0.787 bits per heavy atom. The lowest BCUT2D eigenvalue weighted by molar-refractivity contribution is -0.140. The van der Waals surface area contributed by atoms with Gasteiger partial charge in [0.25, 0.3) is 0 Å². The number of amides is 2. The number of esters is 2. The maximum absolute atomic E-state index is 12.4. The lowest BCUT2D eigenvalue weighted by atomic mass is 9.84. The van der Waals surface area contributed by atoms with Crippen molar-refractivity contribution in [1.29, 1.82) is 0 Å². The Bertz CT molecular complexity index is 1290. The molecule has 0 aromatic heterocycles. The molecule has 4 aliphatic heterocycles. The minimum atomic E-state index is -0.538. The van der Waals surface area contributed by atoms with Crippen molar-refractivity contribution in [2.24, 2.45) is 11.8 Å². The monoisotopic (exact) mass is 654 g/mol. The van der Waals surface area contributed by atoms with Gasteiger partial charge in [-0.1, -0.05) is 25.3 Å². The average Bonchev–Trinajstić information content (AvgIpc) is 3.85. The number of alkyl carbamates (subject to hydrolysis) is 2. The molecule has 12 nitrogen and oxygen atoms in total. The molecule has 4 heterocycles. The number of hydrogen-bond donors (Lipinski definition) is 2. The predicted molar refractivity (Wildman–Crippen MR) is 168 cm³/mol. The van der Waals surface area contributed by atoms with Crippen LogP contribution in [0.2, 0.25) is 0 Å². The van der Waals surface area contributed by atoms with Crippen LogP contribution in [0, 0.1) is 11.8 Å². The van der Waals surface area contributed by atoms with Crippen LogP contribution < -0.4 is 10.6 Å². The molecule has 0 aromatic rings.